The molecular formula is C21H21NO4S. The predicted octanol–water partition coefficient (Wildman–Crippen LogP) is 4.01. The summed E-state index contributed by atoms with van der Waals surface area (Å²) in [6, 6.07) is 10.4. The van der Waals surface area contributed by atoms with Gasteiger partial charge in [0.1, 0.15) is 5.69 Å². The summed E-state index contributed by atoms with van der Waals surface area (Å²) >= 11 is 0. The minimum absolute atomic E-state index is 0.249. The minimum Gasteiger partial charge on any atom is -0.464 e. The molecule has 0 unspecified atom stereocenters. The zero-order valence-corrected chi connectivity index (χ0v) is 16.3. The van der Waals surface area contributed by atoms with Crippen LogP contribution in [0.3, 0.4) is 0 Å². The molecule has 0 spiro atoms. The first-order chi connectivity index (χ1) is 12.8. The van der Waals surface area contributed by atoms with E-state index in [4.69, 9.17) is 4.74 Å². The highest BCUT2D eigenvalue weighted by molar-refractivity contribution is 7.90. The lowest BCUT2D eigenvalue weighted by molar-refractivity contribution is 0.0594. The lowest BCUT2D eigenvalue weighted by Gasteiger charge is -2.08. The highest BCUT2D eigenvalue weighted by Gasteiger charge is 2.21. The van der Waals surface area contributed by atoms with Gasteiger partial charge in [0.25, 0.3) is 0 Å². The fraction of sp³-hybridized carbons (Fsp3) is 0.238. The second-order valence-corrected chi connectivity index (χ2v) is 8.45. The monoisotopic (exact) mass is 383 g/mol. The molecule has 3 rings (SSSR count). The van der Waals surface area contributed by atoms with Gasteiger partial charge in [-0.2, -0.15) is 0 Å². The number of sulfone groups is 1. The van der Waals surface area contributed by atoms with Crippen molar-refractivity contribution in [1.82, 2.24) is 4.98 Å². The number of hydrogen-bond donors (Lipinski definition) is 0. The maximum atomic E-state index is 11.9. The molecule has 140 valence electrons. The summed E-state index contributed by atoms with van der Waals surface area (Å²) in [5, 5.41) is 0. The first kappa shape index (κ1) is 19.0. The molecule has 1 aliphatic carbocycles. The Morgan fingerprint density at radius 3 is 2.67 bits per heavy atom. The van der Waals surface area contributed by atoms with Crippen LogP contribution in [0.1, 0.15) is 47.1 Å². The van der Waals surface area contributed by atoms with E-state index in [1.807, 2.05) is 24.3 Å². The number of nitrogens with zero attached hydrogens (tertiary/aromatic N) is 1. The minimum atomic E-state index is -3.26. The summed E-state index contributed by atoms with van der Waals surface area (Å²) in [6.45, 7) is 2.10. The number of esters is 1. The van der Waals surface area contributed by atoms with Gasteiger partial charge in [-0.3, -0.25) is 0 Å². The standard InChI is InChI=1S/C21H21NO4S/c1-4-6-14-11-15-12-17(27(3,24)25)9-10-18(15)19(14)13-16-7-5-8-20(22-16)21(23)26-2/h5,7-13H,4,6H2,1-3H3/b19-13-. The van der Waals surface area contributed by atoms with Crippen LogP contribution in [0.2, 0.25) is 0 Å². The summed E-state index contributed by atoms with van der Waals surface area (Å²) in [5.41, 5.74) is 4.88. The number of benzene rings is 1. The largest absolute Gasteiger partial charge is 0.464 e. The van der Waals surface area contributed by atoms with Crippen LogP contribution in [-0.2, 0) is 14.6 Å². The predicted molar refractivity (Wildman–Crippen MR) is 106 cm³/mol. The Bertz CT molecular complexity index is 1070. The Kier molecular flexibility index (Phi) is 5.28. The van der Waals surface area contributed by atoms with Gasteiger partial charge < -0.3 is 4.74 Å². The number of allylic oxidation sites excluding steroid dienone is 2. The molecule has 0 amide bonds. The molecule has 0 N–H and O–H groups in total. The normalized spacial score (nSPS) is 14.8. The maximum absolute atomic E-state index is 11.9. The van der Waals surface area contributed by atoms with Crippen molar-refractivity contribution < 1.29 is 17.9 Å². The molecule has 6 heteroatoms. The Morgan fingerprint density at radius 1 is 1.22 bits per heavy atom. The summed E-state index contributed by atoms with van der Waals surface area (Å²) in [7, 11) is -1.94. The van der Waals surface area contributed by atoms with Gasteiger partial charge in [0.05, 0.1) is 17.7 Å². The van der Waals surface area contributed by atoms with E-state index in [1.54, 1.807) is 24.3 Å². The zero-order valence-electron chi connectivity index (χ0n) is 15.5. The van der Waals surface area contributed by atoms with Crippen molar-refractivity contribution in [2.24, 2.45) is 0 Å². The zero-order chi connectivity index (χ0) is 19.6. The smallest absolute Gasteiger partial charge is 0.356 e. The van der Waals surface area contributed by atoms with Crippen LogP contribution in [0, 0.1) is 0 Å². The van der Waals surface area contributed by atoms with Gasteiger partial charge in [0.15, 0.2) is 9.84 Å². The van der Waals surface area contributed by atoms with Crippen molar-refractivity contribution in [3.63, 3.8) is 0 Å². The second kappa shape index (κ2) is 7.48. The van der Waals surface area contributed by atoms with Gasteiger partial charge in [-0.1, -0.05) is 31.6 Å². The molecule has 0 fully saturated rings. The number of rotatable bonds is 5. The van der Waals surface area contributed by atoms with Gasteiger partial charge in [-0.25, -0.2) is 18.2 Å². The van der Waals surface area contributed by atoms with Crippen LogP contribution in [0.25, 0.3) is 17.7 Å². The van der Waals surface area contributed by atoms with Crippen LogP contribution in [0.4, 0.5) is 0 Å². The first-order valence-corrected chi connectivity index (χ1v) is 10.5. The Hall–Kier alpha value is -2.73. The third-order valence-corrected chi connectivity index (χ3v) is 5.50. The first-order valence-electron chi connectivity index (χ1n) is 8.66. The SMILES string of the molecule is CCCC1=Cc2cc(S(C)(=O)=O)ccc2/C1=C\c1cccc(C(=O)OC)n1. The van der Waals surface area contributed by atoms with Gasteiger partial charge in [0.2, 0.25) is 0 Å². The molecule has 0 saturated heterocycles. The van der Waals surface area contributed by atoms with Crippen molar-refractivity contribution in [3.8, 4) is 0 Å². The molecule has 1 aliphatic rings. The number of pyridine rings is 1. The number of hydrogen-bond acceptors (Lipinski definition) is 5. The van der Waals surface area contributed by atoms with E-state index in [0.29, 0.717) is 10.6 Å². The second-order valence-electron chi connectivity index (χ2n) is 6.44. The Labute approximate surface area is 159 Å². The molecule has 0 radical (unpaired) electrons. The fourth-order valence-electron chi connectivity index (χ4n) is 3.12. The molecule has 1 aromatic carbocycles. The lowest BCUT2D eigenvalue weighted by atomic mass is 9.99. The van der Waals surface area contributed by atoms with Gasteiger partial charge in [-0.05, 0) is 59.0 Å². The molecule has 0 bridgehead atoms. The van der Waals surface area contributed by atoms with E-state index >= 15 is 0 Å². The van der Waals surface area contributed by atoms with Crippen LogP contribution < -0.4 is 0 Å². The van der Waals surface area contributed by atoms with E-state index < -0.39 is 15.8 Å². The van der Waals surface area contributed by atoms with Gasteiger partial charge >= 0.3 is 5.97 Å². The molecule has 2 aromatic rings. The highest BCUT2D eigenvalue weighted by atomic mass is 32.2. The van der Waals surface area contributed by atoms with E-state index in [0.717, 1.165) is 35.1 Å². The van der Waals surface area contributed by atoms with Crippen molar-refractivity contribution in [3.05, 3.63) is 64.5 Å². The van der Waals surface area contributed by atoms with Crippen LogP contribution >= 0.6 is 0 Å². The topological polar surface area (TPSA) is 73.3 Å². The molecule has 0 aliphatic heterocycles. The average Bonchev–Trinajstić information content (AvgIpc) is 2.97. The van der Waals surface area contributed by atoms with Gasteiger partial charge in [-0.15, -0.1) is 0 Å². The van der Waals surface area contributed by atoms with Crippen molar-refractivity contribution in [2.45, 2.75) is 24.7 Å². The number of fused-ring (bicyclic) bond motifs is 1. The average molecular weight is 383 g/mol. The Morgan fingerprint density at radius 2 is 2.00 bits per heavy atom. The van der Waals surface area contributed by atoms with E-state index in [2.05, 4.69) is 11.9 Å². The number of carbonyl (C=O) groups is 1. The van der Waals surface area contributed by atoms with Crippen molar-refractivity contribution in [2.75, 3.05) is 13.4 Å². The van der Waals surface area contributed by atoms with Crippen molar-refractivity contribution >= 4 is 33.5 Å². The lowest BCUT2D eigenvalue weighted by Crippen LogP contribution is -2.04. The number of methoxy groups -OCH3 is 1. The number of ether oxygens (including phenoxy) is 1. The summed E-state index contributed by atoms with van der Waals surface area (Å²) in [5.74, 6) is -0.482. The number of aromatic nitrogens is 1. The third-order valence-electron chi connectivity index (χ3n) is 4.39. The fourth-order valence-corrected chi connectivity index (χ4v) is 3.78. The van der Waals surface area contributed by atoms with Crippen LogP contribution in [0.5, 0.6) is 0 Å². The summed E-state index contributed by atoms with van der Waals surface area (Å²) in [4.78, 5) is 16.4. The number of carbonyl (C=O) groups excluding carboxylic acids is 1. The third kappa shape index (κ3) is 4.01. The van der Waals surface area contributed by atoms with Crippen LogP contribution in [-0.4, -0.2) is 32.7 Å². The maximum Gasteiger partial charge on any atom is 0.356 e. The van der Waals surface area contributed by atoms with Crippen molar-refractivity contribution in [1.29, 1.82) is 0 Å². The van der Waals surface area contributed by atoms with E-state index in [1.165, 1.54) is 13.4 Å². The molecule has 0 atom stereocenters. The van der Waals surface area contributed by atoms with Gasteiger partial charge in [0, 0.05) is 6.26 Å². The molecule has 0 saturated carbocycles. The molecular weight excluding hydrogens is 362 g/mol. The van der Waals surface area contributed by atoms with E-state index in [-0.39, 0.29) is 5.69 Å². The summed E-state index contributed by atoms with van der Waals surface area (Å²) < 4.78 is 28.4. The molecule has 27 heavy (non-hydrogen) atoms. The van der Waals surface area contributed by atoms with Crippen LogP contribution in [0.15, 0.2) is 46.9 Å². The Balaban J connectivity index is 2.09. The highest BCUT2D eigenvalue weighted by Crippen LogP contribution is 2.39. The molecule has 5 nitrogen and oxygen atoms in total. The summed E-state index contributed by atoms with van der Waals surface area (Å²) in [6.07, 6.45) is 7.00. The molecule has 1 aromatic heterocycles. The van der Waals surface area contributed by atoms with E-state index in [9.17, 15) is 13.2 Å². The molecule has 1 heterocycles. The quantitative estimate of drug-likeness (QED) is 0.730.